The molecular formula is C10H11ClN2O2S. The number of nitrogens with one attached hydrogen (secondary N) is 1. The van der Waals surface area contributed by atoms with Crippen LogP contribution in [0.4, 0.5) is 0 Å². The highest BCUT2D eigenvalue weighted by Gasteiger charge is 2.12. The zero-order valence-corrected chi connectivity index (χ0v) is 10.2. The molecule has 0 aliphatic carbocycles. The molecule has 0 saturated carbocycles. The predicted molar refractivity (Wildman–Crippen MR) is 67.1 cm³/mol. The monoisotopic (exact) mass is 258 g/mol. The third kappa shape index (κ3) is 3.36. The Kier molecular flexibility index (Phi) is 4.52. The Bertz CT molecular complexity index is 423. The SMILES string of the molecule is COc1ccc(Cl)cc1C(=O)NCC(N)=S. The van der Waals surface area contributed by atoms with Crippen LogP contribution in [-0.2, 0) is 0 Å². The van der Waals surface area contributed by atoms with Crippen molar-refractivity contribution >= 4 is 34.7 Å². The van der Waals surface area contributed by atoms with E-state index in [0.717, 1.165) is 0 Å². The normalized spacial score (nSPS) is 9.62. The highest BCUT2D eigenvalue weighted by Crippen LogP contribution is 2.22. The van der Waals surface area contributed by atoms with Crippen molar-refractivity contribution < 1.29 is 9.53 Å². The molecule has 0 atom stereocenters. The van der Waals surface area contributed by atoms with E-state index in [1.54, 1.807) is 12.1 Å². The molecule has 0 bridgehead atoms. The Morgan fingerprint density at radius 3 is 2.88 bits per heavy atom. The van der Waals surface area contributed by atoms with Gasteiger partial charge in [-0.25, -0.2) is 0 Å². The zero-order valence-electron chi connectivity index (χ0n) is 8.62. The Morgan fingerprint density at radius 1 is 1.62 bits per heavy atom. The molecule has 3 N–H and O–H groups in total. The van der Waals surface area contributed by atoms with Gasteiger partial charge in [0, 0.05) is 5.02 Å². The van der Waals surface area contributed by atoms with Gasteiger partial charge in [0.1, 0.15) is 5.75 Å². The quantitative estimate of drug-likeness (QED) is 0.801. The van der Waals surface area contributed by atoms with Gasteiger partial charge in [-0.2, -0.15) is 0 Å². The minimum atomic E-state index is -0.327. The molecule has 0 unspecified atom stereocenters. The molecule has 0 spiro atoms. The van der Waals surface area contributed by atoms with Gasteiger partial charge >= 0.3 is 0 Å². The van der Waals surface area contributed by atoms with E-state index in [-0.39, 0.29) is 17.4 Å². The van der Waals surface area contributed by atoms with Gasteiger partial charge in [-0.1, -0.05) is 23.8 Å². The Hall–Kier alpha value is -1.33. The first-order valence-electron chi connectivity index (χ1n) is 4.44. The van der Waals surface area contributed by atoms with Gasteiger partial charge in [-0.05, 0) is 18.2 Å². The number of amides is 1. The molecule has 4 nitrogen and oxygen atoms in total. The maximum Gasteiger partial charge on any atom is 0.255 e. The highest BCUT2D eigenvalue weighted by atomic mass is 35.5. The molecule has 0 radical (unpaired) electrons. The predicted octanol–water partition coefficient (Wildman–Crippen LogP) is 1.36. The van der Waals surface area contributed by atoms with Gasteiger partial charge in [-0.3, -0.25) is 4.79 Å². The van der Waals surface area contributed by atoms with Gasteiger partial charge in [0.05, 0.1) is 24.2 Å². The second-order valence-corrected chi connectivity index (χ2v) is 3.95. The summed E-state index contributed by atoms with van der Waals surface area (Å²) < 4.78 is 5.04. The van der Waals surface area contributed by atoms with Crippen LogP contribution in [0.5, 0.6) is 5.75 Å². The lowest BCUT2D eigenvalue weighted by atomic mass is 10.2. The fraction of sp³-hybridized carbons (Fsp3) is 0.200. The van der Waals surface area contributed by atoms with Gasteiger partial charge in [-0.15, -0.1) is 0 Å². The molecule has 0 aromatic heterocycles. The van der Waals surface area contributed by atoms with Gasteiger partial charge in [0.15, 0.2) is 0 Å². The lowest BCUT2D eigenvalue weighted by Crippen LogP contribution is -2.32. The number of carbonyl (C=O) groups is 1. The first kappa shape index (κ1) is 12.7. The molecule has 0 heterocycles. The molecule has 1 aromatic rings. The van der Waals surface area contributed by atoms with E-state index >= 15 is 0 Å². The second kappa shape index (κ2) is 5.67. The van der Waals surface area contributed by atoms with Crippen LogP contribution in [-0.4, -0.2) is 24.6 Å². The molecule has 0 aliphatic rings. The fourth-order valence-electron chi connectivity index (χ4n) is 1.12. The summed E-state index contributed by atoms with van der Waals surface area (Å²) in [4.78, 5) is 11.9. The number of halogens is 1. The van der Waals surface area contributed by atoms with Crippen molar-refractivity contribution in [1.82, 2.24) is 5.32 Å². The highest BCUT2D eigenvalue weighted by molar-refractivity contribution is 7.80. The summed E-state index contributed by atoms with van der Waals surface area (Å²) in [7, 11) is 1.48. The van der Waals surface area contributed by atoms with Crippen LogP contribution >= 0.6 is 23.8 Å². The maximum atomic E-state index is 11.7. The number of ether oxygens (including phenoxy) is 1. The van der Waals surface area contributed by atoms with E-state index < -0.39 is 0 Å². The van der Waals surface area contributed by atoms with Gasteiger partial charge < -0.3 is 15.8 Å². The summed E-state index contributed by atoms with van der Waals surface area (Å²) in [6.07, 6.45) is 0. The summed E-state index contributed by atoms with van der Waals surface area (Å²) >= 11 is 10.5. The molecule has 16 heavy (non-hydrogen) atoms. The minimum absolute atomic E-state index is 0.143. The molecule has 0 saturated heterocycles. The van der Waals surface area contributed by atoms with Crippen LogP contribution in [0.1, 0.15) is 10.4 Å². The van der Waals surface area contributed by atoms with Gasteiger partial charge in [0.25, 0.3) is 5.91 Å². The number of hydrogen-bond acceptors (Lipinski definition) is 3. The molecule has 1 amide bonds. The lowest BCUT2D eigenvalue weighted by Gasteiger charge is -2.09. The molecular weight excluding hydrogens is 248 g/mol. The summed E-state index contributed by atoms with van der Waals surface area (Å²) in [5.41, 5.74) is 5.63. The summed E-state index contributed by atoms with van der Waals surface area (Å²) in [6.45, 7) is 0.143. The van der Waals surface area contributed by atoms with E-state index in [4.69, 9.17) is 22.1 Å². The fourth-order valence-corrected chi connectivity index (χ4v) is 1.36. The second-order valence-electron chi connectivity index (χ2n) is 2.99. The molecule has 1 aromatic carbocycles. The van der Waals surface area contributed by atoms with Crippen molar-refractivity contribution in [2.24, 2.45) is 5.73 Å². The van der Waals surface area contributed by atoms with Gasteiger partial charge in [0.2, 0.25) is 0 Å². The average molecular weight is 259 g/mol. The minimum Gasteiger partial charge on any atom is -0.496 e. The number of benzene rings is 1. The smallest absolute Gasteiger partial charge is 0.255 e. The first-order valence-corrected chi connectivity index (χ1v) is 5.23. The van der Waals surface area contributed by atoms with E-state index in [1.165, 1.54) is 13.2 Å². The Balaban J connectivity index is 2.88. The number of hydrogen-bond donors (Lipinski definition) is 2. The van der Waals surface area contributed by atoms with E-state index in [2.05, 4.69) is 17.5 Å². The van der Waals surface area contributed by atoms with Crippen molar-refractivity contribution in [3.8, 4) is 5.75 Å². The number of carbonyl (C=O) groups excluding carboxylic acids is 1. The third-order valence-corrected chi connectivity index (χ3v) is 2.21. The van der Waals surface area contributed by atoms with E-state index in [9.17, 15) is 4.79 Å². The maximum absolute atomic E-state index is 11.7. The van der Waals surface area contributed by atoms with Crippen LogP contribution in [0.25, 0.3) is 0 Å². The zero-order chi connectivity index (χ0) is 12.1. The van der Waals surface area contributed by atoms with Crippen molar-refractivity contribution in [1.29, 1.82) is 0 Å². The number of thiocarbonyl (C=S) groups is 1. The van der Waals surface area contributed by atoms with Crippen molar-refractivity contribution in [3.05, 3.63) is 28.8 Å². The molecule has 0 fully saturated rings. The summed E-state index contributed by atoms with van der Waals surface area (Å²) in [5.74, 6) is 0.122. The summed E-state index contributed by atoms with van der Waals surface area (Å²) in [5, 5.41) is 3.02. The van der Waals surface area contributed by atoms with Crippen molar-refractivity contribution in [3.63, 3.8) is 0 Å². The van der Waals surface area contributed by atoms with Crippen LogP contribution in [0.3, 0.4) is 0 Å². The molecule has 6 heteroatoms. The summed E-state index contributed by atoms with van der Waals surface area (Å²) in [6, 6.07) is 4.79. The van der Waals surface area contributed by atoms with E-state index in [0.29, 0.717) is 16.3 Å². The van der Waals surface area contributed by atoms with E-state index in [1.807, 2.05) is 0 Å². The number of nitrogens with two attached hydrogens (primary N) is 1. The van der Waals surface area contributed by atoms with Crippen molar-refractivity contribution in [2.75, 3.05) is 13.7 Å². The molecule has 1 rings (SSSR count). The van der Waals surface area contributed by atoms with Crippen molar-refractivity contribution in [2.45, 2.75) is 0 Å². The third-order valence-electron chi connectivity index (χ3n) is 1.83. The Morgan fingerprint density at radius 2 is 2.31 bits per heavy atom. The molecule has 0 aliphatic heterocycles. The van der Waals surface area contributed by atoms with Crippen LogP contribution in [0.2, 0.25) is 5.02 Å². The van der Waals surface area contributed by atoms with Crippen LogP contribution in [0.15, 0.2) is 18.2 Å². The van der Waals surface area contributed by atoms with Crippen LogP contribution < -0.4 is 15.8 Å². The number of rotatable bonds is 4. The standard InChI is InChI=1S/C10H11ClN2O2S/c1-15-8-3-2-6(11)4-7(8)10(14)13-5-9(12)16/h2-4H,5H2,1H3,(H2,12,16)(H,13,14). The molecule has 86 valence electrons. The largest absolute Gasteiger partial charge is 0.496 e. The van der Waals surface area contributed by atoms with Crippen LogP contribution in [0, 0.1) is 0 Å². The number of methoxy groups -OCH3 is 1. The first-order chi connectivity index (χ1) is 7.54. The Labute approximate surface area is 104 Å². The average Bonchev–Trinajstić information content (AvgIpc) is 2.25. The lowest BCUT2D eigenvalue weighted by molar-refractivity contribution is 0.0956. The topological polar surface area (TPSA) is 64.3 Å².